The number of nitrogens with zero attached hydrogens (tertiary/aromatic N) is 4. The molecule has 0 spiro atoms. The van der Waals surface area contributed by atoms with Crippen molar-refractivity contribution in [3.8, 4) is 5.75 Å². The van der Waals surface area contributed by atoms with E-state index >= 15 is 0 Å². The fourth-order valence-corrected chi connectivity index (χ4v) is 3.66. The van der Waals surface area contributed by atoms with Crippen LogP contribution in [0.3, 0.4) is 0 Å². The predicted octanol–water partition coefficient (Wildman–Crippen LogP) is 2.96. The molecule has 0 radical (unpaired) electrons. The number of aromatic amines is 1. The average molecular weight is 425 g/mol. The molecule has 4 aromatic heterocycles. The summed E-state index contributed by atoms with van der Waals surface area (Å²) in [4.78, 5) is 20.6. The topological polar surface area (TPSA) is 135 Å². The minimum absolute atomic E-state index is 0.0913. The normalized spacial score (nSPS) is 11.4. The van der Waals surface area contributed by atoms with Crippen LogP contribution >= 0.6 is 0 Å². The lowest BCUT2D eigenvalue weighted by Gasteiger charge is -2.12. The second-order valence-corrected chi connectivity index (χ2v) is 8.51. The van der Waals surface area contributed by atoms with Crippen molar-refractivity contribution in [2.75, 3.05) is 24.0 Å². The number of pyridine rings is 3. The molecule has 11 heteroatoms. The van der Waals surface area contributed by atoms with E-state index in [1.54, 1.807) is 37.6 Å². The molecule has 4 aromatic rings. The molecule has 0 saturated carbocycles. The number of H-pyrrole nitrogens is 1. The lowest BCUT2D eigenvalue weighted by molar-refractivity contribution is 0.413. The van der Waals surface area contributed by atoms with Crippen LogP contribution in [0.1, 0.15) is 5.82 Å². The minimum atomic E-state index is -3.47. The van der Waals surface area contributed by atoms with Gasteiger partial charge in [-0.2, -0.15) is 0 Å². The van der Waals surface area contributed by atoms with Crippen LogP contribution in [0.5, 0.6) is 5.75 Å². The largest absolute Gasteiger partial charge is 0.495 e. The first kappa shape index (κ1) is 19.6. The van der Waals surface area contributed by atoms with E-state index in [-0.39, 0.29) is 10.7 Å². The van der Waals surface area contributed by atoms with E-state index in [4.69, 9.17) is 4.74 Å². The summed E-state index contributed by atoms with van der Waals surface area (Å²) in [5.41, 5.74) is 1.64. The van der Waals surface area contributed by atoms with E-state index < -0.39 is 9.84 Å². The van der Waals surface area contributed by atoms with Crippen molar-refractivity contribution in [1.82, 2.24) is 24.9 Å². The lowest BCUT2D eigenvalue weighted by atomic mass is 10.3. The van der Waals surface area contributed by atoms with Crippen molar-refractivity contribution in [2.24, 2.45) is 0 Å². The van der Waals surface area contributed by atoms with Gasteiger partial charge in [-0.1, -0.05) is 0 Å². The Hall–Kier alpha value is -3.73. The summed E-state index contributed by atoms with van der Waals surface area (Å²) in [5.74, 6) is 2.58. The van der Waals surface area contributed by atoms with Crippen LogP contribution in [0, 0.1) is 6.92 Å². The van der Waals surface area contributed by atoms with Crippen molar-refractivity contribution in [1.29, 1.82) is 0 Å². The van der Waals surface area contributed by atoms with Gasteiger partial charge in [0.05, 0.1) is 19.0 Å². The molecule has 4 rings (SSSR count). The van der Waals surface area contributed by atoms with E-state index in [0.717, 1.165) is 6.26 Å². The van der Waals surface area contributed by atoms with Crippen LogP contribution in [0.4, 0.5) is 23.1 Å². The summed E-state index contributed by atoms with van der Waals surface area (Å²) in [6.07, 6.45) is 4.25. The van der Waals surface area contributed by atoms with Gasteiger partial charge in [0.25, 0.3) is 0 Å². The summed E-state index contributed by atoms with van der Waals surface area (Å²) in [5, 5.41) is 6.21. The van der Waals surface area contributed by atoms with Crippen LogP contribution in [0.2, 0.25) is 0 Å². The first-order chi connectivity index (χ1) is 14.3. The van der Waals surface area contributed by atoms with Crippen LogP contribution in [0.25, 0.3) is 11.2 Å². The monoisotopic (exact) mass is 425 g/mol. The molecule has 0 unspecified atom stereocenters. The number of ether oxygens (including phenoxy) is 1. The van der Waals surface area contributed by atoms with Gasteiger partial charge in [0, 0.05) is 18.5 Å². The Morgan fingerprint density at radius 1 is 1.07 bits per heavy atom. The SMILES string of the molecule is COc1ccc(Nc2cc(Nc3ncccc3S(C)(=O)=O)c3nc(C)[nH]c3n2)nc1. The molecule has 0 saturated heterocycles. The molecule has 154 valence electrons. The van der Waals surface area contributed by atoms with Gasteiger partial charge in [-0.25, -0.2) is 28.4 Å². The van der Waals surface area contributed by atoms with E-state index in [0.29, 0.717) is 40.1 Å². The number of methoxy groups -OCH3 is 1. The standard InChI is InChI=1S/C19H19N7O3S/c1-11-22-17-13(24-18-14(30(3,27)28)5-4-8-20-18)9-16(26-19(17)23-11)25-15-7-6-12(29-2)10-21-15/h4-10H,1-3H3,(H3,20,21,22,23,24,25,26). The Morgan fingerprint density at radius 3 is 2.60 bits per heavy atom. The zero-order valence-corrected chi connectivity index (χ0v) is 17.3. The third kappa shape index (κ3) is 4.01. The Balaban J connectivity index is 1.76. The number of hydrogen-bond donors (Lipinski definition) is 3. The maximum absolute atomic E-state index is 12.1. The third-order valence-electron chi connectivity index (χ3n) is 4.22. The van der Waals surface area contributed by atoms with Crippen LogP contribution < -0.4 is 15.4 Å². The van der Waals surface area contributed by atoms with Gasteiger partial charge in [0.1, 0.15) is 39.4 Å². The summed E-state index contributed by atoms with van der Waals surface area (Å²) in [7, 11) is -1.90. The lowest BCUT2D eigenvalue weighted by Crippen LogP contribution is -2.05. The Bertz CT molecular complexity index is 1320. The number of aromatic nitrogens is 5. The van der Waals surface area contributed by atoms with Gasteiger partial charge in [-0.05, 0) is 31.2 Å². The van der Waals surface area contributed by atoms with Gasteiger partial charge < -0.3 is 20.4 Å². The van der Waals surface area contributed by atoms with Crippen molar-refractivity contribution < 1.29 is 13.2 Å². The Labute approximate surface area is 172 Å². The number of aryl methyl sites for hydroxylation is 1. The minimum Gasteiger partial charge on any atom is -0.495 e. The highest BCUT2D eigenvalue weighted by atomic mass is 32.2. The number of anilines is 4. The quantitative estimate of drug-likeness (QED) is 0.426. The summed E-state index contributed by atoms with van der Waals surface area (Å²) < 4.78 is 29.4. The third-order valence-corrected chi connectivity index (χ3v) is 5.35. The van der Waals surface area contributed by atoms with Crippen LogP contribution in [-0.2, 0) is 9.84 Å². The van der Waals surface area contributed by atoms with Gasteiger partial charge in [-0.15, -0.1) is 0 Å². The van der Waals surface area contributed by atoms with E-state index in [2.05, 4.69) is 35.6 Å². The molecule has 0 amide bonds. The van der Waals surface area contributed by atoms with E-state index in [9.17, 15) is 8.42 Å². The van der Waals surface area contributed by atoms with Crippen molar-refractivity contribution in [3.63, 3.8) is 0 Å². The number of fused-ring (bicyclic) bond motifs is 1. The molecule has 4 heterocycles. The maximum Gasteiger partial charge on any atom is 0.179 e. The second kappa shape index (κ2) is 7.59. The molecule has 10 nitrogen and oxygen atoms in total. The zero-order valence-electron chi connectivity index (χ0n) is 16.5. The molecular weight excluding hydrogens is 406 g/mol. The highest BCUT2D eigenvalue weighted by Gasteiger charge is 2.17. The molecule has 0 aromatic carbocycles. The molecule has 0 bridgehead atoms. The molecule has 0 atom stereocenters. The summed E-state index contributed by atoms with van der Waals surface area (Å²) in [6, 6.07) is 8.33. The average Bonchev–Trinajstić information content (AvgIpc) is 3.09. The number of rotatable bonds is 6. The molecule has 0 aliphatic rings. The Kier molecular flexibility index (Phi) is 4.96. The number of sulfone groups is 1. The van der Waals surface area contributed by atoms with Gasteiger partial charge in [0.2, 0.25) is 0 Å². The zero-order chi connectivity index (χ0) is 21.3. The highest BCUT2D eigenvalue weighted by molar-refractivity contribution is 7.90. The van der Waals surface area contributed by atoms with Crippen molar-refractivity contribution >= 4 is 44.1 Å². The second-order valence-electron chi connectivity index (χ2n) is 6.53. The molecular formula is C19H19N7O3S. The first-order valence-electron chi connectivity index (χ1n) is 8.90. The fourth-order valence-electron chi connectivity index (χ4n) is 2.88. The predicted molar refractivity (Wildman–Crippen MR) is 113 cm³/mol. The molecule has 0 aliphatic carbocycles. The van der Waals surface area contributed by atoms with E-state index in [1.807, 2.05) is 6.92 Å². The maximum atomic E-state index is 12.1. The fraction of sp³-hybridized carbons (Fsp3) is 0.158. The number of nitrogens with one attached hydrogen (secondary N) is 3. The van der Waals surface area contributed by atoms with Crippen LogP contribution in [0.15, 0.2) is 47.6 Å². The van der Waals surface area contributed by atoms with E-state index in [1.165, 1.54) is 12.3 Å². The molecule has 0 aliphatic heterocycles. The smallest absolute Gasteiger partial charge is 0.179 e. The Morgan fingerprint density at radius 2 is 1.90 bits per heavy atom. The molecule has 3 N–H and O–H groups in total. The molecule has 0 fully saturated rings. The van der Waals surface area contributed by atoms with Crippen LogP contribution in [-0.4, -0.2) is 46.7 Å². The van der Waals surface area contributed by atoms with Gasteiger partial charge in [0.15, 0.2) is 15.5 Å². The summed E-state index contributed by atoms with van der Waals surface area (Å²) >= 11 is 0. The summed E-state index contributed by atoms with van der Waals surface area (Å²) in [6.45, 7) is 1.81. The van der Waals surface area contributed by atoms with Gasteiger partial charge in [-0.3, -0.25) is 0 Å². The first-order valence-corrected chi connectivity index (χ1v) is 10.8. The van der Waals surface area contributed by atoms with Crippen molar-refractivity contribution in [2.45, 2.75) is 11.8 Å². The van der Waals surface area contributed by atoms with Gasteiger partial charge >= 0.3 is 0 Å². The number of hydrogen-bond acceptors (Lipinski definition) is 9. The molecule has 30 heavy (non-hydrogen) atoms. The van der Waals surface area contributed by atoms with Crippen molar-refractivity contribution in [3.05, 3.63) is 48.5 Å². The number of imidazole rings is 1. The highest BCUT2D eigenvalue weighted by Crippen LogP contribution is 2.30.